The molecule has 2 aromatic carbocycles. The molecule has 1 heterocycles. The zero-order chi connectivity index (χ0) is 22.5. The third-order valence-corrected chi connectivity index (χ3v) is 5.63. The van der Waals surface area contributed by atoms with Crippen molar-refractivity contribution in [1.82, 2.24) is 9.80 Å². The van der Waals surface area contributed by atoms with Crippen molar-refractivity contribution in [2.24, 2.45) is 0 Å². The zero-order valence-electron chi connectivity index (χ0n) is 18.0. The summed E-state index contributed by atoms with van der Waals surface area (Å²) in [7, 11) is 0. The van der Waals surface area contributed by atoms with Gasteiger partial charge in [-0.25, -0.2) is 8.78 Å². The van der Waals surface area contributed by atoms with E-state index in [-0.39, 0.29) is 24.0 Å². The molecular formula is C23H28F2N4O2. The number of nitrogens with zero attached hydrogens (tertiary/aromatic N) is 2. The number of carbonyl (C=O) groups is 2. The van der Waals surface area contributed by atoms with Gasteiger partial charge in [-0.2, -0.15) is 0 Å². The van der Waals surface area contributed by atoms with Crippen LogP contribution in [-0.4, -0.2) is 60.4 Å². The lowest BCUT2D eigenvalue weighted by Gasteiger charge is -2.37. The Kier molecular flexibility index (Phi) is 7.35. The van der Waals surface area contributed by atoms with Crippen LogP contribution in [0, 0.1) is 25.5 Å². The topological polar surface area (TPSA) is 64.7 Å². The monoisotopic (exact) mass is 430 g/mol. The van der Waals surface area contributed by atoms with Gasteiger partial charge in [0.05, 0.1) is 12.6 Å². The number of benzene rings is 2. The van der Waals surface area contributed by atoms with Crippen LogP contribution >= 0.6 is 0 Å². The second-order valence-corrected chi connectivity index (χ2v) is 7.92. The Balaban J connectivity index is 1.47. The molecule has 3 rings (SSSR count). The highest BCUT2D eigenvalue weighted by atomic mass is 19.2. The Bertz CT molecular complexity index is 938. The van der Waals surface area contributed by atoms with E-state index in [4.69, 9.17) is 0 Å². The third kappa shape index (κ3) is 5.86. The molecule has 166 valence electrons. The average Bonchev–Trinajstić information content (AvgIpc) is 2.73. The van der Waals surface area contributed by atoms with Gasteiger partial charge in [-0.15, -0.1) is 0 Å². The lowest BCUT2D eigenvalue weighted by Crippen LogP contribution is -2.53. The lowest BCUT2D eigenvalue weighted by molar-refractivity contribution is -0.122. The maximum absolute atomic E-state index is 13.3. The standard InChI is InChI=1S/C23H28F2N4O2/c1-15-5-4-6-16(2)22(15)27-21(30)14-28-9-11-29(12-10-28)17(3)23(31)26-18-7-8-19(24)20(25)13-18/h4-8,13,17H,9-12,14H2,1-3H3,(H,26,31)(H,27,30). The summed E-state index contributed by atoms with van der Waals surface area (Å²) in [6, 6.07) is 8.74. The fraction of sp³-hybridized carbons (Fsp3) is 0.391. The summed E-state index contributed by atoms with van der Waals surface area (Å²) in [5.41, 5.74) is 3.13. The number of piperazine rings is 1. The highest BCUT2D eigenvalue weighted by molar-refractivity contribution is 5.95. The summed E-state index contributed by atoms with van der Waals surface area (Å²) in [6.07, 6.45) is 0. The Morgan fingerprint density at radius 1 is 0.968 bits per heavy atom. The smallest absolute Gasteiger partial charge is 0.241 e. The number of hydrogen-bond acceptors (Lipinski definition) is 4. The van der Waals surface area contributed by atoms with Gasteiger partial charge >= 0.3 is 0 Å². The van der Waals surface area contributed by atoms with Gasteiger partial charge in [-0.05, 0) is 44.0 Å². The maximum atomic E-state index is 13.3. The van der Waals surface area contributed by atoms with E-state index in [1.54, 1.807) is 6.92 Å². The van der Waals surface area contributed by atoms with Crippen LogP contribution in [0.4, 0.5) is 20.2 Å². The van der Waals surface area contributed by atoms with E-state index in [0.29, 0.717) is 26.2 Å². The van der Waals surface area contributed by atoms with Gasteiger partial charge in [-0.3, -0.25) is 19.4 Å². The predicted molar refractivity (Wildman–Crippen MR) is 117 cm³/mol. The quantitative estimate of drug-likeness (QED) is 0.739. The molecule has 2 amide bonds. The zero-order valence-corrected chi connectivity index (χ0v) is 18.0. The van der Waals surface area contributed by atoms with Crippen molar-refractivity contribution in [3.05, 3.63) is 59.2 Å². The normalized spacial score (nSPS) is 16.0. The maximum Gasteiger partial charge on any atom is 0.241 e. The average molecular weight is 430 g/mol. The highest BCUT2D eigenvalue weighted by Gasteiger charge is 2.26. The molecule has 2 aromatic rings. The van der Waals surface area contributed by atoms with Crippen molar-refractivity contribution in [2.45, 2.75) is 26.8 Å². The molecule has 0 aromatic heterocycles. The minimum absolute atomic E-state index is 0.0602. The minimum Gasteiger partial charge on any atom is -0.325 e. The van der Waals surface area contributed by atoms with Gasteiger partial charge in [-0.1, -0.05) is 18.2 Å². The Morgan fingerprint density at radius 3 is 2.23 bits per heavy atom. The molecule has 2 N–H and O–H groups in total. The number of hydrogen-bond donors (Lipinski definition) is 2. The number of aryl methyl sites for hydroxylation is 2. The summed E-state index contributed by atoms with van der Waals surface area (Å²) in [6.45, 7) is 8.57. The molecule has 1 aliphatic rings. The van der Waals surface area contributed by atoms with E-state index < -0.39 is 17.7 Å². The molecule has 1 atom stereocenters. The number of rotatable bonds is 6. The van der Waals surface area contributed by atoms with Crippen LogP contribution in [0.3, 0.4) is 0 Å². The molecule has 0 spiro atoms. The summed E-state index contributed by atoms with van der Waals surface area (Å²) in [4.78, 5) is 29.0. The van der Waals surface area contributed by atoms with Crippen LogP contribution in [-0.2, 0) is 9.59 Å². The number of anilines is 2. The molecule has 0 bridgehead atoms. The van der Waals surface area contributed by atoms with E-state index >= 15 is 0 Å². The molecule has 1 saturated heterocycles. The van der Waals surface area contributed by atoms with Crippen LogP contribution in [0.5, 0.6) is 0 Å². The second-order valence-electron chi connectivity index (χ2n) is 7.92. The molecular weight excluding hydrogens is 402 g/mol. The molecule has 0 saturated carbocycles. The van der Waals surface area contributed by atoms with E-state index in [1.807, 2.05) is 36.9 Å². The van der Waals surface area contributed by atoms with Gasteiger partial charge in [0.1, 0.15) is 0 Å². The van der Waals surface area contributed by atoms with Crippen LogP contribution in [0.15, 0.2) is 36.4 Å². The first-order valence-electron chi connectivity index (χ1n) is 10.3. The largest absolute Gasteiger partial charge is 0.325 e. The van der Waals surface area contributed by atoms with Crippen LogP contribution in [0.1, 0.15) is 18.1 Å². The van der Waals surface area contributed by atoms with Crippen molar-refractivity contribution in [3.8, 4) is 0 Å². The third-order valence-electron chi connectivity index (χ3n) is 5.63. The van der Waals surface area contributed by atoms with E-state index in [0.717, 1.165) is 28.9 Å². The lowest BCUT2D eigenvalue weighted by atomic mass is 10.1. The molecule has 0 radical (unpaired) electrons. The summed E-state index contributed by atoms with van der Waals surface area (Å²) < 4.78 is 26.4. The molecule has 6 nitrogen and oxygen atoms in total. The van der Waals surface area contributed by atoms with E-state index in [9.17, 15) is 18.4 Å². The minimum atomic E-state index is -1.00. The Labute approximate surface area is 181 Å². The van der Waals surface area contributed by atoms with Crippen molar-refractivity contribution in [2.75, 3.05) is 43.4 Å². The van der Waals surface area contributed by atoms with E-state index in [2.05, 4.69) is 15.5 Å². The number of nitrogens with one attached hydrogen (secondary N) is 2. The van der Waals surface area contributed by atoms with Crippen molar-refractivity contribution >= 4 is 23.2 Å². The van der Waals surface area contributed by atoms with E-state index in [1.165, 1.54) is 6.07 Å². The van der Waals surface area contributed by atoms with Crippen molar-refractivity contribution < 1.29 is 18.4 Å². The number of amides is 2. The summed E-state index contributed by atoms with van der Waals surface area (Å²) >= 11 is 0. The Hall–Kier alpha value is -2.84. The van der Waals surface area contributed by atoms with Crippen LogP contribution in [0.2, 0.25) is 0 Å². The molecule has 0 aliphatic carbocycles. The fourth-order valence-electron chi connectivity index (χ4n) is 3.69. The first-order chi connectivity index (χ1) is 14.7. The van der Waals surface area contributed by atoms with Crippen LogP contribution in [0.25, 0.3) is 0 Å². The second kappa shape index (κ2) is 9.98. The first-order valence-corrected chi connectivity index (χ1v) is 10.3. The van der Waals surface area contributed by atoms with Gasteiger partial charge in [0.15, 0.2) is 11.6 Å². The fourth-order valence-corrected chi connectivity index (χ4v) is 3.69. The first kappa shape index (κ1) is 22.8. The van der Waals surface area contributed by atoms with Crippen LogP contribution < -0.4 is 10.6 Å². The molecule has 1 aliphatic heterocycles. The predicted octanol–water partition coefficient (Wildman–Crippen LogP) is 3.16. The number of carbonyl (C=O) groups excluding carboxylic acids is 2. The van der Waals surface area contributed by atoms with Gasteiger partial charge in [0, 0.05) is 43.6 Å². The molecule has 8 heteroatoms. The van der Waals surface area contributed by atoms with Gasteiger partial charge in [0.25, 0.3) is 0 Å². The number of halogens is 2. The molecule has 1 fully saturated rings. The Morgan fingerprint density at radius 2 is 1.61 bits per heavy atom. The summed E-state index contributed by atoms with van der Waals surface area (Å²) in [5, 5.41) is 5.62. The highest BCUT2D eigenvalue weighted by Crippen LogP contribution is 2.19. The molecule has 31 heavy (non-hydrogen) atoms. The number of para-hydroxylation sites is 1. The van der Waals surface area contributed by atoms with Crippen molar-refractivity contribution in [3.63, 3.8) is 0 Å². The van der Waals surface area contributed by atoms with Crippen molar-refractivity contribution in [1.29, 1.82) is 0 Å². The SMILES string of the molecule is Cc1cccc(C)c1NC(=O)CN1CCN(C(C)C(=O)Nc2ccc(F)c(F)c2)CC1. The van der Waals surface area contributed by atoms with Gasteiger partial charge in [0.2, 0.25) is 11.8 Å². The molecule has 1 unspecified atom stereocenters. The summed E-state index contributed by atoms with van der Waals surface area (Å²) in [5.74, 6) is -2.30. The van der Waals surface area contributed by atoms with Gasteiger partial charge < -0.3 is 10.6 Å².